The van der Waals surface area contributed by atoms with Gasteiger partial charge in [-0.2, -0.15) is 0 Å². The summed E-state index contributed by atoms with van der Waals surface area (Å²) >= 11 is 0. The van der Waals surface area contributed by atoms with Crippen LogP contribution in [0.25, 0.3) is 22.6 Å². The highest BCUT2D eigenvalue weighted by Crippen LogP contribution is 2.27. The van der Waals surface area contributed by atoms with E-state index < -0.39 is 4.92 Å². The van der Waals surface area contributed by atoms with Crippen molar-refractivity contribution in [3.05, 3.63) is 76.5 Å². The Balaban J connectivity index is 2.05. The van der Waals surface area contributed by atoms with E-state index in [4.69, 9.17) is 0 Å². The van der Waals surface area contributed by atoms with E-state index in [1.807, 2.05) is 49.3 Å². The second-order valence-electron chi connectivity index (χ2n) is 6.69. The minimum atomic E-state index is -0.473. The number of nitrogens with one attached hydrogen (secondary N) is 1. The second kappa shape index (κ2) is 9.03. The molecule has 0 aliphatic heterocycles. The van der Waals surface area contributed by atoms with Gasteiger partial charge in [-0.15, -0.1) is 0 Å². The summed E-state index contributed by atoms with van der Waals surface area (Å²) in [6.45, 7) is 1.14. The molecule has 3 aromatic rings. The molecule has 0 aliphatic carbocycles. The van der Waals surface area contributed by atoms with E-state index in [9.17, 15) is 14.9 Å². The highest BCUT2D eigenvalue weighted by Gasteiger charge is 2.18. The lowest BCUT2D eigenvalue weighted by molar-refractivity contribution is -0.384. The number of hydrogen-bond donors (Lipinski definition) is 1. The third kappa shape index (κ3) is 4.99. The zero-order valence-electron chi connectivity index (χ0n) is 16.2. The van der Waals surface area contributed by atoms with Gasteiger partial charge in [0.25, 0.3) is 11.6 Å². The highest BCUT2D eigenvalue weighted by atomic mass is 16.6. The molecule has 1 amide bonds. The summed E-state index contributed by atoms with van der Waals surface area (Å²) in [7, 11) is 3.83. The maximum absolute atomic E-state index is 12.7. The first-order valence-electron chi connectivity index (χ1n) is 9.06. The number of non-ortho nitro benzene ring substituents is 1. The van der Waals surface area contributed by atoms with Gasteiger partial charge in [0, 0.05) is 42.5 Å². The Bertz CT molecular complexity index is 1020. The van der Waals surface area contributed by atoms with Crippen LogP contribution < -0.4 is 5.32 Å². The summed E-state index contributed by atoms with van der Waals surface area (Å²) in [5, 5.41) is 14.0. The molecule has 0 fully saturated rings. The van der Waals surface area contributed by atoms with Crippen LogP contribution in [-0.4, -0.2) is 52.9 Å². The molecule has 0 aliphatic rings. The van der Waals surface area contributed by atoms with Crippen molar-refractivity contribution in [3.63, 3.8) is 0 Å². The number of benzene rings is 2. The summed E-state index contributed by atoms with van der Waals surface area (Å²) in [6.07, 6.45) is 1.47. The van der Waals surface area contributed by atoms with E-state index >= 15 is 0 Å². The molecular weight excluding hydrogens is 370 g/mol. The number of nitrogens with zero attached hydrogens (tertiary/aromatic N) is 4. The average molecular weight is 391 g/mol. The van der Waals surface area contributed by atoms with Crippen LogP contribution in [0.3, 0.4) is 0 Å². The fourth-order valence-corrected chi connectivity index (χ4v) is 2.75. The molecule has 148 valence electrons. The molecule has 0 atom stereocenters. The topological polar surface area (TPSA) is 101 Å². The van der Waals surface area contributed by atoms with Crippen LogP contribution in [0.5, 0.6) is 0 Å². The number of aromatic nitrogens is 2. The normalized spacial score (nSPS) is 10.7. The third-order valence-corrected chi connectivity index (χ3v) is 4.24. The van der Waals surface area contributed by atoms with Crippen molar-refractivity contribution in [3.8, 4) is 22.6 Å². The van der Waals surface area contributed by atoms with Gasteiger partial charge in [0.15, 0.2) is 5.82 Å². The molecule has 0 unspecified atom stereocenters. The zero-order chi connectivity index (χ0) is 20.8. The fraction of sp³-hybridized carbons (Fsp3) is 0.190. The Kier molecular flexibility index (Phi) is 6.25. The van der Waals surface area contributed by atoms with Crippen LogP contribution in [0.15, 0.2) is 60.8 Å². The molecule has 29 heavy (non-hydrogen) atoms. The Morgan fingerprint density at radius 1 is 1.10 bits per heavy atom. The van der Waals surface area contributed by atoms with E-state index in [1.54, 1.807) is 12.1 Å². The van der Waals surface area contributed by atoms with Crippen LogP contribution in [-0.2, 0) is 0 Å². The number of carbonyl (C=O) groups is 1. The predicted molar refractivity (Wildman–Crippen MR) is 110 cm³/mol. The molecule has 2 aromatic carbocycles. The summed E-state index contributed by atoms with van der Waals surface area (Å²) in [5.74, 6) is 0.116. The molecule has 0 saturated carbocycles. The number of nitro groups is 1. The molecule has 0 bridgehead atoms. The standard InChI is InChI=1S/C21H21N5O3/c1-25(2)12-11-22-21(27)18-14-23-20(15-7-4-3-5-8-15)24-19(18)16-9-6-10-17(13-16)26(28)29/h3-10,13-14H,11-12H2,1-2H3,(H,22,27). The molecule has 1 heterocycles. The Labute approximate surface area is 168 Å². The Morgan fingerprint density at radius 2 is 1.83 bits per heavy atom. The van der Waals surface area contributed by atoms with Crippen molar-refractivity contribution >= 4 is 11.6 Å². The Hall–Kier alpha value is -3.65. The van der Waals surface area contributed by atoms with Gasteiger partial charge >= 0.3 is 0 Å². The average Bonchev–Trinajstić information content (AvgIpc) is 2.73. The van der Waals surface area contributed by atoms with Gasteiger partial charge in [-0.3, -0.25) is 14.9 Å². The van der Waals surface area contributed by atoms with E-state index in [2.05, 4.69) is 15.3 Å². The first-order chi connectivity index (χ1) is 14.0. The van der Waals surface area contributed by atoms with Gasteiger partial charge in [-0.1, -0.05) is 42.5 Å². The molecule has 8 heteroatoms. The molecule has 1 N–H and O–H groups in total. The molecular formula is C21H21N5O3. The van der Waals surface area contributed by atoms with Crippen molar-refractivity contribution in [1.29, 1.82) is 0 Å². The number of nitro benzene ring substituents is 1. The van der Waals surface area contributed by atoms with E-state index in [-0.39, 0.29) is 17.2 Å². The van der Waals surface area contributed by atoms with Crippen molar-refractivity contribution < 1.29 is 9.72 Å². The van der Waals surface area contributed by atoms with Crippen LogP contribution in [0.4, 0.5) is 5.69 Å². The largest absolute Gasteiger partial charge is 0.351 e. The summed E-state index contributed by atoms with van der Waals surface area (Å²) in [6, 6.07) is 15.4. The van der Waals surface area contributed by atoms with E-state index in [0.29, 0.717) is 30.2 Å². The number of hydrogen-bond acceptors (Lipinski definition) is 6. The summed E-state index contributed by atoms with van der Waals surface area (Å²) < 4.78 is 0. The summed E-state index contributed by atoms with van der Waals surface area (Å²) in [5.41, 5.74) is 1.82. The lowest BCUT2D eigenvalue weighted by atomic mass is 10.1. The monoisotopic (exact) mass is 391 g/mol. The van der Waals surface area contributed by atoms with Crippen LogP contribution in [0.2, 0.25) is 0 Å². The van der Waals surface area contributed by atoms with Crippen LogP contribution in [0, 0.1) is 10.1 Å². The number of rotatable bonds is 7. The molecule has 0 radical (unpaired) electrons. The highest BCUT2D eigenvalue weighted by molar-refractivity contribution is 6.00. The van der Waals surface area contributed by atoms with Gasteiger partial charge in [-0.05, 0) is 14.1 Å². The van der Waals surface area contributed by atoms with Crippen molar-refractivity contribution in [2.45, 2.75) is 0 Å². The van der Waals surface area contributed by atoms with E-state index in [1.165, 1.54) is 18.3 Å². The second-order valence-corrected chi connectivity index (χ2v) is 6.69. The van der Waals surface area contributed by atoms with Crippen LogP contribution >= 0.6 is 0 Å². The third-order valence-electron chi connectivity index (χ3n) is 4.24. The lowest BCUT2D eigenvalue weighted by Crippen LogP contribution is -2.31. The quantitative estimate of drug-likeness (QED) is 0.491. The van der Waals surface area contributed by atoms with Crippen LogP contribution in [0.1, 0.15) is 10.4 Å². The molecule has 0 saturated heterocycles. The van der Waals surface area contributed by atoms with Crippen molar-refractivity contribution in [2.24, 2.45) is 0 Å². The zero-order valence-corrected chi connectivity index (χ0v) is 16.2. The SMILES string of the molecule is CN(C)CCNC(=O)c1cnc(-c2ccccc2)nc1-c1cccc([N+](=O)[O-])c1. The minimum Gasteiger partial charge on any atom is -0.351 e. The van der Waals surface area contributed by atoms with Gasteiger partial charge in [0.2, 0.25) is 0 Å². The Morgan fingerprint density at radius 3 is 2.52 bits per heavy atom. The smallest absolute Gasteiger partial charge is 0.270 e. The van der Waals surface area contributed by atoms with E-state index in [0.717, 1.165) is 5.56 Å². The number of likely N-dealkylation sites (N-methyl/N-ethyl adjacent to an activating group) is 1. The summed E-state index contributed by atoms with van der Waals surface area (Å²) in [4.78, 5) is 34.3. The van der Waals surface area contributed by atoms with Crippen molar-refractivity contribution in [1.82, 2.24) is 20.2 Å². The molecule has 1 aromatic heterocycles. The number of amides is 1. The maximum Gasteiger partial charge on any atom is 0.270 e. The van der Waals surface area contributed by atoms with Gasteiger partial charge in [0.05, 0.1) is 16.2 Å². The lowest BCUT2D eigenvalue weighted by Gasteiger charge is -2.13. The molecule has 0 spiro atoms. The van der Waals surface area contributed by atoms with Crippen molar-refractivity contribution in [2.75, 3.05) is 27.2 Å². The first kappa shape index (κ1) is 20.1. The number of carbonyl (C=O) groups excluding carboxylic acids is 1. The van der Waals surface area contributed by atoms with Gasteiger partial charge in [-0.25, -0.2) is 9.97 Å². The van der Waals surface area contributed by atoms with Gasteiger partial charge < -0.3 is 10.2 Å². The molecule has 3 rings (SSSR count). The predicted octanol–water partition coefficient (Wildman–Crippen LogP) is 3.01. The minimum absolute atomic E-state index is 0.0682. The van der Waals surface area contributed by atoms with Gasteiger partial charge in [0.1, 0.15) is 0 Å². The first-order valence-corrected chi connectivity index (χ1v) is 9.06. The fourth-order valence-electron chi connectivity index (χ4n) is 2.75. The molecule has 8 nitrogen and oxygen atoms in total. The maximum atomic E-state index is 12.7.